The maximum Gasteiger partial charge on any atom is 0.342 e. The summed E-state index contributed by atoms with van der Waals surface area (Å²) in [5.41, 5.74) is 1.97. The molecule has 1 unspecified atom stereocenters. The number of nitro groups is 1. The number of halogens is 1. The van der Waals surface area contributed by atoms with Crippen LogP contribution in [-0.2, 0) is 11.3 Å². The van der Waals surface area contributed by atoms with Gasteiger partial charge in [0, 0.05) is 24.7 Å². The molecule has 1 N–H and O–H groups in total. The summed E-state index contributed by atoms with van der Waals surface area (Å²) in [4.78, 5) is 20.1. The minimum atomic E-state index is -0.518. The number of aromatic nitrogens is 3. The number of imidazole rings is 1. The normalized spacial score (nSPS) is 11.7. The van der Waals surface area contributed by atoms with Gasteiger partial charge in [-0.2, -0.15) is 0 Å². The molecule has 0 aliphatic carbocycles. The fraction of sp³-hybridized carbons (Fsp3) is 0.364. The van der Waals surface area contributed by atoms with Crippen LogP contribution in [-0.4, -0.2) is 63.3 Å². The summed E-state index contributed by atoms with van der Waals surface area (Å²) in [5.74, 6) is 0.456. The number of hydrogen-bond donors (Lipinski definition) is 1. The van der Waals surface area contributed by atoms with Crippen LogP contribution in [0.1, 0.15) is 23.2 Å². The third-order valence-electron chi connectivity index (χ3n) is 4.50. The molecule has 2 aromatic heterocycles. The lowest BCUT2D eigenvalue weighted by Gasteiger charge is -2.19. The fourth-order valence-electron chi connectivity index (χ4n) is 2.85. The van der Waals surface area contributed by atoms with Crippen molar-refractivity contribution in [3.63, 3.8) is 0 Å². The standard InChI is InChI=1S/C16H19ClN2O.C6H9N3O3/c1-19(2)11-12-20-16(15-5-3-4-10-18-15)13-6-8-14(17)9-7-13;1-5-7-4-6(9(11)12)8(5)2-3-10/h3-10,16H,11-12H2,1-2H3;4,10H,2-3H2,1H3. The highest BCUT2D eigenvalue weighted by Gasteiger charge is 2.16. The van der Waals surface area contributed by atoms with Crippen LogP contribution >= 0.6 is 11.6 Å². The van der Waals surface area contributed by atoms with Gasteiger partial charge in [0.15, 0.2) is 5.82 Å². The molecule has 3 aromatic rings. The Kier molecular flexibility index (Phi) is 10.2. The van der Waals surface area contributed by atoms with Gasteiger partial charge in [-0.15, -0.1) is 0 Å². The van der Waals surface area contributed by atoms with E-state index in [1.165, 1.54) is 10.8 Å². The summed E-state index contributed by atoms with van der Waals surface area (Å²) in [7, 11) is 4.06. The van der Waals surface area contributed by atoms with E-state index >= 15 is 0 Å². The third kappa shape index (κ3) is 7.69. The van der Waals surface area contributed by atoms with Gasteiger partial charge in [0.2, 0.25) is 0 Å². The Morgan fingerprint density at radius 2 is 1.94 bits per heavy atom. The van der Waals surface area contributed by atoms with Gasteiger partial charge in [0.25, 0.3) is 0 Å². The second-order valence-electron chi connectivity index (χ2n) is 7.16. The van der Waals surface area contributed by atoms with Gasteiger partial charge in [-0.25, -0.2) is 9.55 Å². The maximum atomic E-state index is 10.4. The van der Waals surface area contributed by atoms with Gasteiger partial charge in [0.1, 0.15) is 18.8 Å². The van der Waals surface area contributed by atoms with Crippen molar-refractivity contribution in [2.75, 3.05) is 33.9 Å². The van der Waals surface area contributed by atoms with Crippen molar-refractivity contribution in [3.8, 4) is 0 Å². The Morgan fingerprint density at radius 1 is 1.22 bits per heavy atom. The van der Waals surface area contributed by atoms with Crippen molar-refractivity contribution >= 4 is 17.4 Å². The van der Waals surface area contributed by atoms with E-state index in [4.69, 9.17) is 21.4 Å². The summed E-state index contributed by atoms with van der Waals surface area (Å²) in [6.45, 7) is 3.26. The zero-order valence-electron chi connectivity index (χ0n) is 18.4. The maximum absolute atomic E-state index is 10.4. The van der Waals surface area contributed by atoms with Gasteiger partial charge < -0.3 is 24.9 Å². The Morgan fingerprint density at radius 3 is 2.50 bits per heavy atom. The average molecular weight is 462 g/mol. The predicted octanol–water partition coefficient (Wildman–Crippen LogP) is 3.49. The van der Waals surface area contributed by atoms with Gasteiger partial charge in [-0.1, -0.05) is 29.8 Å². The molecule has 1 aromatic carbocycles. The molecule has 0 saturated carbocycles. The number of pyridine rings is 1. The first kappa shape index (κ1) is 25.4. The second kappa shape index (κ2) is 12.9. The van der Waals surface area contributed by atoms with Crippen molar-refractivity contribution in [2.45, 2.75) is 19.6 Å². The molecule has 0 aliphatic rings. The number of nitrogens with zero attached hydrogens (tertiary/aromatic N) is 5. The van der Waals surface area contributed by atoms with Crippen molar-refractivity contribution in [1.29, 1.82) is 0 Å². The van der Waals surface area contributed by atoms with E-state index in [0.717, 1.165) is 22.8 Å². The van der Waals surface area contributed by atoms with Crippen LogP contribution in [0.4, 0.5) is 5.82 Å². The number of likely N-dealkylation sites (N-methyl/N-ethyl adjacent to an activating group) is 1. The highest BCUT2D eigenvalue weighted by atomic mass is 35.5. The first-order valence-corrected chi connectivity index (χ1v) is 10.4. The quantitative estimate of drug-likeness (QED) is 0.384. The van der Waals surface area contributed by atoms with E-state index in [1.807, 2.05) is 56.6 Å². The van der Waals surface area contributed by atoms with E-state index in [2.05, 4.69) is 14.9 Å². The van der Waals surface area contributed by atoms with Crippen LogP contribution in [0.5, 0.6) is 0 Å². The molecule has 0 amide bonds. The highest BCUT2D eigenvalue weighted by Crippen LogP contribution is 2.25. The average Bonchev–Trinajstić information content (AvgIpc) is 3.14. The summed E-state index contributed by atoms with van der Waals surface area (Å²) in [5, 5.41) is 19.7. The van der Waals surface area contributed by atoms with Crippen molar-refractivity contribution in [2.24, 2.45) is 0 Å². The molecule has 0 aliphatic heterocycles. The summed E-state index contributed by atoms with van der Waals surface area (Å²) >= 11 is 5.95. The van der Waals surface area contributed by atoms with Crippen molar-refractivity contribution in [3.05, 3.63) is 87.1 Å². The molecule has 2 heterocycles. The number of hydrogen-bond acceptors (Lipinski definition) is 7. The topological polar surface area (TPSA) is 107 Å². The monoisotopic (exact) mass is 461 g/mol. The second-order valence-corrected chi connectivity index (χ2v) is 7.59. The molecule has 0 saturated heterocycles. The van der Waals surface area contributed by atoms with E-state index in [9.17, 15) is 10.1 Å². The molecular weight excluding hydrogens is 434 g/mol. The molecular formula is C22H28ClN5O4. The predicted molar refractivity (Wildman–Crippen MR) is 123 cm³/mol. The van der Waals surface area contributed by atoms with Gasteiger partial charge in [-0.3, -0.25) is 4.98 Å². The van der Waals surface area contributed by atoms with Gasteiger partial charge in [-0.05, 0) is 48.8 Å². The van der Waals surface area contributed by atoms with Gasteiger partial charge >= 0.3 is 5.82 Å². The van der Waals surface area contributed by atoms with E-state index in [-0.39, 0.29) is 25.1 Å². The Hall–Kier alpha value is -2.85. The lowest BCUT2D eigenvalue weighted by Crippen LogP contribution is -2.20. The van der Waals surface area contributed by atoms with E-state index in [0.29, 0.717) is 12.4 Å². The molecule has 0 fully saturated rings. The minimum absolute atomic E-state index is 0.0819. The number of aliphatic hydroxyl groups is 1. The first-order chi connectivity index (χ1) is 15.3. The largest absolute Gasteiger partial charge is 0.392 e. The third-order valence-corrected chi connectivity index (χ3v) is 4.75. The number of aryl methyl sites for hydroxylation is 1. The molecule has 0 spiro atoms. The van der Waals surface area contributed by atoms with Crippen molar-refractivity contribution < 1.29 is 14.8 Å². The summed E-state index contributed by atoms with van der Waals surface area (Å²) < 4.78 is 7.38. The molecule has 3 rings (SSSR count). The Labute approximate surface area is 192 Å². The summed E-state index contributed by atoms with van der Waals surface area (Å²) in [6, 6.07) is 13.6. The molecule has 10 heteroatoms. The molecule has 9 nitrogen and oxygen atoms in total. The zero-order chi connectivity index (χ0) is 23.5. The fourth-order valence-corrected chi connectivity index (χ4v) is 2.98. The first-order valence-electron chi connectivity index (χ1n) is 10.0. The molecule has 32 heavy (non-hydrogen) atoms. The zero-order valence-corrected chi connectivity index (χ0v) is 19.1. The van der Waals surface area contributed by atoms with Crippen LogP contribution in [0.2, 0.25) is 5.02 Å². The van der Waals surface area contributed by atoms with Crippen LogP contribution in [0, 0.1) is 17.0 Å². The number of rotatable bonds is 9. The Bertz CT molecular complexity index is 964. The van der Waals surface area contributed by atoms with Crippen molar-refractivity contribution in [1.82, 2.24) is 19.4 Å². The lowest BCUT2D eigenvalue weighted by molar-refractivity contribution is -0.392. The van der Waals surface area contributed by atoms with Crippen LogP contribution in [0.15, 0.2) is 54.9 Å². The SMILES string of the molecule is CN(C)CCOC(c1ccc(Cl)cc1)c1ccccn1.Cc1ncc([N+](=O)[O-])n1CCO. The van der Waals surface area contributed by atoms with Crippen LogP contribution < -0.4 is 0 Å². The number of aliphatic hydroxyl groups excluding tert-OH is 1. The molecule has 0 radical (unpaired) electrons. The molecule has 0 bridgehead atoms. The molecule has 1 atom stereocenters. The van der Waals surface area contributed by atoms with Crippen LogP contribution in [0.25, 0.3) is 0 Å². The smallest absolute Gasteiger partial charge is 0.342 e. The Balaban J connectivity index is 0.000000258. The summed E-state index contributed by atoms with van der Waals surface area (Å²) in [6.07, 6.45) is 2.81. The van der Waals surface area contributed by atoms with E-state index < -0.39 is 4.92 Å². The van der Waals surface area contributed by atoms with E-state index in [1.54, 1.807) is 13.1 Å². The number of benzene rings is 1. The van der Waals surface area contributed by atoms with Gasteiger partial charge in [0.05, 0.1) is 18.9 Å². The van der Waals surface area contributed by atoms with Crippen LogP contribution in [0.3, 0.4) is 0 Å². The molecule has 172 valence electrons. The number of ether oxygens (including phenoxy) is 1. The minimum Gasteiger partial charge on any atom is -0.392 e. The lowest BCUT2D eigenvalue weighted by atomic mass is 10.1. The highest BCUT2D eigenvalue weighted by molar-refractivity contribution is 6.30.